The Morgan fingerprint density at radius 1 is 1.07 bits per heavy atom. The van der Waals surface area contributed by atoms with Crippen LogP contribution in [0.4, 0.5) is 11.5 Å². The van der Waals surface area contributed by atoms with Crippen molar-refractivity contribution in [2.45, 2.75) is 6.54 Å². The van der Waals surface area contributed by atoms with E-state index in [2.05, 4.69) is 15.6 Å². The van der Waals surface area contributed by atoms with Gasteiger partial charge in [0.15, 0.2) is 11.5 Å². The van der Waals surface area contributed by atoms with Gasteiger partial charge in [-0.05, 0) is 42.0 Å². The van der Waals surface area contributed by atoms with Crippen molar-refractivity contribution in [1.29, 1.82) is 0 Å². The molecular weight excluding hydrogens is 366 g/mol. The van der Waals surface area contributed by atoms with Crippen LogP contribution in [0.1, 0.15) is 15.9 Å². The Hall–Kier alpha value is -3.25. The molecule has 0 aliphatic carbocycles. The molecule has 2 aromatic carbocycles. The minimum absolute atomic E-state index is 0.259. The number of nitrogens with one attached hydrogen (secondary N) is 2. The Balaban J connectivity index is 1.36. The van der Waals surface area contributed by atoms with Crippen LogP contribution in [0, 0.1) is 0 Å². The Morgan fingerprint density at radius 2 is 1.93 bits per heavy atom. The van der Waals surface area contributed by atoms with Gasteiger partial charge in [-0.1, -0.05) is 29.8 Å². The lowest BCUT2D eigenvalue weighted by Gasteiger charge is -2.09. The molecule has 4 rings (SSSR count). The number of hydrogen-bond donors (Lipinski definition) is 2. The summed E-state index contributed by atoms with van der Waals surface area (Å²) in [6, 6.07) is 16.3. The van der Waals surface area contributed by atoms with Crippen molar-refractivity contribution in [3.8, 4) is 11.5 Å². The molecule has 0 spiro atoms. The summed E-state index contributed by atoms with van der Waals surface area (Å²) in [5.41, 5.74) is 2.06. The minimum Gasteiger partial charge on any atom is -0.454 e. The Labute approximate surface area is 161 Å². The number of fused-ring (bicyclic) bond motifs is 1. The van der Waals surface area contributed by atoms with E-state index in [1.807, 2.05) is 18.2 Å². The zero-order valence-electron chi connectivity index (χ0n) is 14.2. The third-order valence-corrected chi connectivity index (χ3v) is 4.38. The Morgan fingerprint density at radius 3 is 2.74 bits per heavy atom. The SMILES string of the molecule is O=C(Nc1ccc(NCc2ccc3c(c2)OCO3)nc1)c1ccccc1Cl. The average Bonchev–Trinajstić information content (AvgIpc) is 3.15. The molecule has 0 bridgehead atoms. The summed E-state index contributed by atoms with van der Waals surface area (Å²) in [6.07, 6.45) is 1.59. The van der Waals surface area contributed by atoms with E-state index in [0.29, 0.717) is 28.6 Å². The van der Waals surface area contributed by atoms with Crippen LogP contribution in [0.15, 0.2) is 60.8 Å². The Kier molecular flexibility index (Phi) is 4.80. The van der Waals surface area contributed by atoms with Gasteiger partial charge in [0, 0.05) is 6.54 Å². The van der Waals surface area contributed by atoms with Crippen LogP contribution < -0.4 is 20.1 Å². The number of carbonyl (C=O) groups is 1. The van der Waals surface area contributed by atoms with Crippen molar-refractivity contribution in [3.05, 3.63) is 76.9 Å². The van der Waals surface area contributed by atoms with Gasteiger partial charge in [-0.3, -0.25) is 4.79 Å². The second-order valence-corrected chi connectivity index (χ2v) is 6.31. The second kappa shape index (κ2) is 7.55. The van der Waals surface area contributed by atoms with Crippen molar-refractivity contribution in [2.24, 2.45) is 0 Å². The van der Waals surface area contributed by atoms with Gasteiger partial charge in [0.1, 0.15) is 5.82 Å². The number of amides is 1. The number of benzene rings is 2. The van der Waals surface area contributed by atoms with Gasteiger partial charge in [-0.25, -0.2) is 4.98 Å². The zero-order chi connectivity index (χ0) is 18.6. The molecule has 0 saturated heterocycles. The molecule has 27 heavy (non-hydrogen) atoms. The van der Waals surface area contributed by atoms with Crippen LogP contribution in [0.5, 0.6) is 11.5 Å². The smallest absolute Gasteiger partial charge is 0.257 e. The zero-order valence-corrected chi connectivity index (χ0v) is 15.0. The first-order valence-corrected chi connectivity index (χ1v) is 8.71. The summed E-state index contributed by atoms with van der Waals surface area (Å²) in [6.45, 7) is 0.851. The predicted octanol–water partition coefficient (Wildman–Crippen LogP) is 4.33. The van der Waals surface area contributed by atoms with Crippen LogP contribution >= 0.6 is 11.6 Å². The molecule has 0 radical (unpaired) electrons. The molecule has 0 unspecified atom stereocenters. The normalized spacial score (nSPS) is 11.9. The van der Waals surface area contributed by atoms with Gasteiger partial charge < -0.3 is 20.1 Å². The van der Waals surface area contributed by atoms with Gasteiger partial charge in [0.2, 0.25) is 6.79 Å². The summed E-state index contributed by atoms with van der Waals surface area (Å²) < 4.78 is 10.7. The van der Waals surface area contributed by atoms with Crippen LogP contribution in [-0.2, 0) is 6.54 Å². The number of ether oxygens (including phenoxy) is 2. The monoisotopic (exact) mass is 381 g/mol. The average molecular weight is 382 g/mol. The third kappa shape index (κ3) is 3.96. The summed E-state index contributed by atoms with van der Waals surface area (Å²) in [5, 5.41) is 6.42. The van der Waals surface area contributed by atoms with Gasteiger partial charge in [0.05, 0.1) is 22.5 Å². The first kappa shape index (κ1) is 17.2. The molecule has 1 amide bonds. The summed E-state index contributed by atoms with van der Waals surface area (Å²) in [4.78, 5) is 16.6. The molecule has 1 aromatic heterocycles. The molecule has 6 nitrogen and oxygen atoms in total. The molecular formula is C20H16ClN3O3. The maximum Gasteiger partial charge on any atom is 0.257 e. The standard InChI is InChI=1S/C20H16ClN3O3/c21-16-4-2-1-3-15(16)20(25)24-14-6-8-19(23-11-14)22-10-13-5-7-17-18(9-13)27-12-26-17/h1-9,11H,10,12H2,(H,22,23)(H,24,25). The summed E-state index contributed by atoms with van der Waals surface area (Å²) >= 11 is 6.04. The summed E-state index contributed by atoms with van der Waals surface area (Å²) in [7, 11) is 0. The van der Waals surface area contributed by atoms with Crippen molar-refractivity contribution in [1.82, 2.24) is 4.98 Å². The van der Waals surface area contributed by atoms with Crippen LogP contribution in [0.2, 0.25) is 5.02 Å². The molecule has 0 fully saturated rings. The van der Waals surface area contributed by atoms with E-state index in [4.69, 9.17) is 21.1 Å². The van der Waals surface area contributed by atoms with Crippen LogP contribution in [0.25, 0.3) is 0 Å². The van der Waals surface area contributed by atoms with E-state index in [0.717, 1.165) is 17.1 Å². The number of hydrogen-bond acceptors (Lipinski definition) is 5. The highest BCUT2D eigenvalue weighted by molar-refractivity contribution is 6.34. The highest BCUT2D eigenvalue weighted by Crippen LogP contribution is 2.32. The van der Waals surface area contributed by atoms with Crippen molar-refractivity contribution >= 4 is 29.0 Å². The Bertz CT molecular complexity index is 976. The van der Waals surface area contributed by atoms with E-state index in [1.165, 1.54) is 0 Å². The van der Waals surface area contributed by atoms with E-state index in [9.17, 15) is 4.79 Å². The van der Waals surface area contributed by atoms with Gasteiger partial charge in [-0.15, -0.1) is 0 Å². The van der Waals surface area contributed by atoms with E-state index < -0.39 is 0 Å². The van der Waals surface area contributed by atoms with Crippen molar-refractivity contribution in [2.75, 3.05) is 17.4 Å². The first-order valence-electron chi connectivity index (χ1n) is 8.33. The molecule has 1 aliphatic rings. The summed E-state index contributed by atoms with van der Waals surface area (Å²) in [5.74, 6) is 1.93. The quantitative estimate of drug-likeness (QED) is 0.688. The molecule has 0 atom stereocenters. The lowest BCUT2D eigenvalue weighted by atomic mass is 10.2. The topological polar surface area (TPSA) is 72.5 Å². The molecule has 0 saturated carbocycles. The number of rotatable bonds is 5. The van der Waals surface area contributed by atoms with E-state index in [1.54, 1.807) is 42.6 Å². The molecule has 3 aromatic rings. The van der Waals surface area contributed by atoms with Gasteiger partial charge in [-0.2, -0.15) is 0 Å². The lowest BCUT2D eigenvalue weighted by Crippen LogP contribution is -2.12. The molecule has 7 heteroatoms. The van der Waals surface area contributed by atoms with E-state index in [-0.39, 0.29) is 12.7 Å². The molecule has 2 N–H and O–H groups in total. The number of pyridine rings is 1. The van der Waals surface area contributed by atoms with Crippen LogP contribution in [0.3, 0.4) is 0 Å². The number of aromatic nitrogens is 1. The fourth-order valence-corrected chi connectivity index (χ4v) is 2.88. The van der Waals surface area contributed by atoms with Gasteiger partial charge >= 0.3 is 0 Å². The minimum atomic E-state index is -0.275. The fraction of sp³-hybridized carbons (Fsp3) is 0.100. The number of anilines is 2. The van der Waals surface area contributed by atoms with E-state index >= 15 is 0 Å². The highest BCUT2D eigenvalue weighted by Gasteiger charge is 2.13. The predicted molar refractivity (Wildman–Crippen MR) is 104 cm³/mol. The lowest BCUT2D eigenvalue weighted by molar-refractivity contribution is 0.102. The molecule has 2 heterocycles. The highest BCUT2D eigenvalue weighted by atomic mass is 35.5. The number of nitrogens with zero attached hydrogens (tertiary/aromatic N) is 1. The van der Waals surface area contributed by atoms with Crippen LogP contribution in [-0.4, -0.2) is 17.7 Å². The third-order valence-electron chi connectivity index (χ3n) is 4.05. The molecule has 1 aliphatic heterocycles. The van der Waals surface area contributed by atoms with Gasteiger partial charge in [0.25, 0.3) is 5.91 Å². The molecule has 136 valence electrons. The maximum atomic E-state index is 12.3. The second-order valence-electron chi connectivity index (χ2n) is 5.91. The first-order chi connectivity index (χ1) is 13.2. The fourth-order valence-electron chi connectivity index (χ4n) is 2.66. The number of carbonyl (C=O) groups excluding carboxylic acids is 1. The van der Waals surface area contributed by atoms with Crippen molar-refractivity contribution < 1.29 is 14.3 Å². The largest absolute Gasteiger partial charge is 0.454 e. The maximum absolute atomic E-state index is 12.3. The van der Waals surface area contributed by atoms with Crippen molar-refractivity contribution in [3.63, 3.8) is 0 Å². The number of halogens is 1.